The van der Waals surface area contributed by atoms with Gasteiger partial charge in [-0.2, -0.15) is 4.31 Å². The Balaban J connectivity index is 1.85. The van der Waals surface area contributed by atoms with Crippen molar-refractivity contribution < 1.29 is 13.2 Å². The van der Waals surface area contributed by atoms with Gasteiger partial charge in [-0.15, -0.1) is 0 Å². The summed E-state index contributed by atoms with van der Waals surface area (Å²) in [6, 6.07) is 6.28. The molecule has 1 aliphatic rings. The summed E-state index contributed by atoms with van der Waals surface area (Å²) in [6.07, 6.45) is 5.24. The van der Waals surface area contributed by atoms with Gasteiger partial charge < -0.3 is 10.3 Å². The van der Waals surface area contributed by atoms with Gasteiger partial charge in [0.1, 0.15) is 0 Å². The molecule has 1 aromatic carbocycles. The number of nitrogens with one attached hydrogen (secondary N) is 2. The lowest BCUT2D eigenvalue weighted by Crippen LogP contribution is -2.42. The average molecular weight is 477 g/mol. The van der Waals surface area contributed by atoms with Crippen LogP contribution in [0.5, 0.6) is 0 Å². The molecule has 1 aromatic heterocycles. The first-order valence-electron chi connectivity index (χ1n) is 12.0. The lowest BCUT2D eigenvalue weighted by Gasteiger charge is -2.33. The third-order valence-corrected chi connectivity index (χ3v) is 8.41. The number of aromatic amines is 1. The zero-order chi connectivity index (χ0) is 24.0. The second-order valence-electron chi connectivity index (χ2n) is 8.74. The summed E-state index contributed by atoms with van der Waals surface area (Å²) < 4.78 is 27.8. The number of carbonyl (C=O) groups excluding carboxylic acids is 1. The van der Waals surface area contributed by atoms with E-state index in [0.717, 1.165) is 32.4 Å². The van der Waals surface area contributed by atoms with E-state index in [2.05, 4.69) is 22.1 Å². The normalized spacial score (nSPS) is 17.5. The number of fused-ring (bicyclic) bond motifs is 1. The maximum atomic E-state index is 13.2. The maximum Gasteiger partial charge on any atom is 0.252 e. The number of hydrogen-bond donors (Lipinski definition) is 2. The Bertz CT molecular complexity index is 1130. The number of carbonyl (C=O) groups is 1. The first kappa shape index (κ1) is 25.4. The Kier molecular flexibility index (Phi) is 8.67. The Morgan fingerprint density at radius 3 is 2.73 bits per heavy atom. The van der Waals surface area contributed by atoms with Gasteiger partial charge in [0.15, 0.2) is 0 Å². The van der Waals surface area contributed by atoms with Crippen molar-refractivity contribution in [1.82, 2.24) is 19.5 Å². The predicted octanol–water partition coefficient (Wildman–Crippen LogP) is 2.94. The van der Waals surface area contributed by atoms with Gasteiger partial charge in [-0.05, 0) is 50.9 Å². The highest BCUT2D eigenvalue weighted by atomic mass is 32.2. The van der Waals surface area contributed by atoms with Crippen LogP contribution in [0.4, 0.5) is 0 Å². The molecule has 3 rings (SSSR count). The van der Waals surface area contributed by atoms with Gasteiger partial charge in [-0.3, -0.25) is 14.5 Å². The molecule has 182 valence electrons. The van der Waals surface area contributed by atoms with E-state index in [4.69, 9.17) is 0 Å². The number of amides is 1. The van der Waals surface area contributed by atoms with Gasteiger partial charge in [-0.1, -0.05) is 26.7 Å². The molecular weight excluding hydrogens is 440 g/mol. The molecule has 0 saturated carbocycles. The van der Waals surface area contributed by atoms with Crippen LogP contribution >= 0.6 is 0 Å². The van der Waals surface area contributed by atoms with E-state index >= 15 is 0 Å². The quantitative estimate of drug-likeness (QED) is 0.549. The van der Waals surface area contributed by atoms with Crippen molar-refractivity contribution in [3.05, 3.63) is 40.2 Å². The van der Waals surface area contributed by atoms with Crippen LogP contribution in [0.15, 0.2) is 34.0 Å². The highest BCUT2D eigenvalue weighted by molar-refractivity contribution is 7.89. The fourth-order valence-electron chi connectivity index (χ4n) is 4.41. The molecule has 0 spiro atoms. The minimum atomic E-state index is -3.70. The van der Waals surface area contributed by atoms with Gasteiger partial charge in [0, 0.05) is 49.2 Å². The van der Waals surface area contributed by atoms with Crippen molar-refractivity contribution in [3.63, 3.8) is 0 Å². The van der Waals surface area contributed by atoms with Crippen LogP contribution in [0, 0.1) is 0 Å². The Morgan fingerprint density at radius 1 is 1.24 bits per heavy atom. The number of rotatable bonds is 10. The zero-order valence-corrected chi connectivity index (χ0v) is 20.7. The van der Waals surface area contributed by atoms with Crippen LogP contribution in [0.3, 0.4) is 0 Å². The number of H-pyrrole nitrogens is 1. The molecular formula is C24H36N4O4S. The molecule has 0 bridgehead atoms. The molecule has 0 radical (unpaired) electrons. The van der Waals surface area contributed by atoms with Crippen molar-refractivity contribution in [1.29, 1.82) is 0 Å². The van der Waals surface area contributed by atoms with Gasteiger partial charge in [0.25, 0.3) is 5.91 Å². The number of hydrogen-bond acceptors (Lipinski definition) is 5. The summed E-state index contributed by atoms with van der Waals surface area (Å²) >= 11 is 0. The van der Waals surface area contributed by atoms with Crippen LogP contribution in [-0.2, 0) is 10.0 Å². The molecule has 33 heavy (non-hydrogen) atoms. The lowest BCUT2D eigenvalue weighted by molar-refractivity contribution is 0.0940. The molecule has 2 heterocycles. The van der Waals surface area contributed by atoms with E-state index < -0.39 is 15.6 Å². The second-order valence-corrected chi connectivity index (χ2v) is 10.7. The van der Waals surface area contributed by atoms with Gasteiger partial charge in [0.2, 0.25) is 15.6 Å². The molecule has 1 amide bonds. The number of piperidine rings is 1. The van der Waals surface area contributed by atoms with Crippen LogP contribution in [0.1, 0.15) is 63.2 Å². The average Bonchev–Trinajstić information content (AvgIpc) is 2.79. The minimum Gasteiger partial charge on any atom is -0.351 e. The van der Waals surface area contributed by atoms with Gasteiger partial charge in [0.05, 0.1) is 10.5 Å². The lowest BCUT2D eigenvalue weighted by atomic mass is 10.0. The summed E-state index contributed by atoms with van der Waals surface area (Å²) in [6.45, 7) is 9.09. The van der Waals surface area contributed by atoms with E-state index in [0.29, 0.717) is 36.6 Å². The summed E-state index contributed by atoms with van der Waals surface area (Å²) in [5.41, 5.74) is 0.230. The summed E-state index contributed by atoms with van der Waals surface area (Å²) in [4.78, 5) is 30.3. The van der Waals surface area contributed by atoms with Gasteiger partial charge >= 0.3 is 0 Å². The van der Waals surface area contributed by atoms with Crippen LogP contribution < -0.4 is 10.9 Å². The fraction of sp³-hybridized carbons (Fsp3) is 0.583. The first-order valence-corrected chi connectivity index (χ1v) is 13.4. The smallest absolute Gasteiger partial charge is 0.252 e. The van der Waals surface area contributed by atoms with Crippen molar-refractivity contribution in [3.8, 4) is 0 Å². The molecule has 1 saturated heterocycles. The standard InChI is InChI=1S/C24H36N4O4S/c1-4-6-14-28(5-2)33(31,32)19-10-11-22-20(16-19)21(17-23(29)26-22)24(30)25-12-15-27-13-8-7-9-18(27)3/h10-11,16-18H,4-9,12-15H2,1-3H3,(H,25,30)(H,26,29). The SMILES string of the molecule is CCCCN(CC)S(=O)(=O)c1ccc2[nH]c(=O)cc(C(=O)NCCN3CCCCC3C)c2c1. The van der Waals surface area contributed by atoms with Crippen molar-refractivity contribution in [2.24, 2.45) is 0 Å². The number of pyridine rings is 1. The number of benzene rings is 1. The second kappa shape index (κ2) is 11.3. The molecule has 9 heteroatoms. The zero-order valence-electron chi connectivity index (χ0n) is 19.9. The van der Waals surface area contributed by atoms with Gasteiger partial charge in [-0.25, -0.2) is 8.42 Å². The number of aromatic nitrogens is 1. The molecule has 1 atom stereocenters. The minimum absolute atomic E-state index is 0.121. The maximum absolute atomic E-state index is 13.2. The third-order valence-electron chi connectivity index (χ3n) is 6.44. The third kappa shape index (κ3) is 6.02. The van der Waals surface area contributed by atoms with Crippen molar-refractivity contribution in [2.45, 2.75) is 63.8 Å². The number of nitrogens with zero attached hydrogens (tertiary/aromatic N) is 2. The molecule has 2 aromatic rings. The summed E-state index contributed by atoms with van der Waals surface area (Å²) in [5.74, 6) is -0.372. The molecule has 2 N–H and O–H groups in total. The highest BCUT2D eigenvalue weighted by Crippen LogP contribution is 2.23. The Morgan fingerprint density at radius 2 is 2.03 bits per heavy atom. The van der Waals surface area contributed by atoms with E-state index in [1.54, 1.807) is 6.07 Å². The first-order chi connectivity index (χ1) is 15.8. The van der Waals surface area contributed by atoms with Crippen LogP contribution in [0.25, 0.3) is 10.9 Å². The van der Waals surface area contributed by atoms with E-state index in [1.165, 1.54) is 35.3 Å². The van der Waals surface area contributed by atoms with E-state index in [9.17, 15) is 18.0 Å². The molecule has 1 unspecified atom stereocenters. The topological polar surface area (TPSA) is 103 Å². The number of likely N-dealkylation sites (tertiary alicyclic amines) is 1. The number of unbranched alkanes of at least 4 members (excludes halogenated alkanes) is 1. The highest BCUT2D eigenvalue weighted by Gasteiger charge is 2.24. The Labute approximate surface area is 196 Å². The molecule has 8 nitrogen and oxygen atoms in total. The summed E-state index contributed by atoms with van der Waals surface area (Å²) in [5, 5.41) is 3.34. The largest absolute Gasteiger partial charge is 0.351 e. The van der Waals surface area contributed by atoms with Crippen LogP contribution in [0.2, 0.25) is 0 Å². The molecule has 1 aliphatic heterocycles. The molecule has 0 aliphatic carbocycles. The monoisotopic (exact) mass is 476 g/mol. The van der Waals surface area contributed by atoms with Crippen molar-refractivity contribution >= 4 is 26.8 Å². The van der Waals surface area contributed by atoms with Crippen LogP contribution in [-0.4, -0.2) is 67.3 Å². The molecule has 1 fully saturated rings. The van der Waals surface area contributed by atoms with E-state index in [1.807, 2.05) is 13.8 Å². The number of sulfonamides is 1. The van der Waals surface area contributed by atoms with Crippen molar-refractivity contribution in [2.75, 3.05) is 32.7 Å². The summed E-state index contributed by atoms with van der Waals surface area (Å²) in [7, 11) is -3.70. The van der Waals surface area contributed by atoms with E-state index in [-0.39, 0.29) is 16.4 Å². The predicted molar refractivity (Wildman–Crippen MR) is 131 cm³/mol. The fourth-order valence-corrected chi connectivity index (χ4v) is 5.93. The Hall–Kier alpha value is -2.23.